The number of carboxylic acid groups (broad SMARTS) is 1. The molecule has 1 aromatic rings. The zero-order valence-electron chi connectivity index (χ0n) is 11.0. The lowest BCUT2D eigenvalue weighted by molar-refractivity contribution is -0.141. The van der Waals surface area contributed by atoms with Crippen LogP contribution in [0.4, 0.5) is 4.79 Å². The number of aryl methyl sites for hydroxylation is 1. The predicted octanol–water partition coefficient (Wildman–Crippen LogP) is -0.237. The molecular weight excluding hydrogens is 268 g/mol. The minimum atomic E-state index is -0.946. The normalized spacial score (nSPS) is 18.9. The van der Waals surface area contributed by atoms with E-state index in [1.807, 2.05) is 0 Å². The van der Waals surface area contributed by atoms with Gasteiger partial charge in [-0.15, -0.1) is 0 Å². The number of carbonyl (C=O) groups excluding carboxylic acids is 1. The van der Waals surface area contributed by atoms with Gasteiger partial charge in [-0.25, -0.2) is 4.79 Å². The van der Waals surface area contributed by atoms with E-state index in [2.05, 4.69) is 15.5 Å². The van der Waals surface area contributed by atoms with Gasteiger partial charge in [0.2, 0.25) is 5.89 Å². The zero-order valence-corrected chi connectivity index (χ0v) is 11.0. The quantitative estimate of drug-likeness (QED) is 0.783. The number of urea groups is 1. The van der Waals surface area contributed by atoms with Crippen LogP contribution in [0.3, 0.4) is 0 Å². The summed E-state index contributed by atoms with van der Waals surface area (Å²) in [7, 11) is 0. The molecule has 1 fully saturated rings. The minimum absolute atomic E-state index is 0.118. The lowest BCUT2D eigenvalue weighted by atomic mass is 10.2. The second-order valence-electron chi connectivity index (χ2n) is 4.43. The maximum Gasteiger partial charge on any atom is 0.318 e. The van der Waals surface area contributed by atoms with Crippen LogP contribution in [0.2, 0.25) is 0 Å². The minimum Gasteiger partial charge on any atom is -0.481 e. The Morgan fingerprint density at radius 3 is 3.00 bits per heavy atom. The Hall–Kier alpha value is -2.16. The van der Waals surface area contributed by atoms with Crippen molar-refractivity contribution >= 4 is 12.0 Å². The number of morpholine rings is 1. The van der Waals surface area contributed by atoms with Crippen molar-refractivity contribution in [3.8, 4) is 0 Å². The Kier molecular flexibility index (Phi) is 4.51. The molecule has 9 heteroatoms. The van der Waals surface area contributed by atoms with Crippen LogP contribution in [-0.4, -0.2) is 57.9 Å². The van der Waals surface area contributed by atoms with E-state index in [0.717, 1.165) is 0 Å². The van der Waals surface area contributed by atoms with Crippen LogP contribution in [0.5, 0.6) is 0 Å². The number of carboxylic acids is 1. The fourth-order valence-electron chi connectivity index (χ4n) is 1.90. The van der Waals surface area contributed by atoms with Crippen molar-refractivity contribution in [1.82, 2.24) is 20.4 Å². The second-order valence-corrected chi connectivity index (χ2v) is 4.43. The molecule has 0 saturated carbocycles. The van der Waals surface area contributed by atoms with Gasteiger partial charge in [-0.3, -0.25) is 4.79 Å². The molecule has 1 atom stereocenters. The van der Waals surface area contributed by atoms with Gasteiger partial charge in [0.15, 0.2) is 5.82 Å². The molecule has 9 nitrogen and oxygen atoms in total. The van der Waals surface area contributed by atoms with Gasteiger partial charge in [0, 0.05) is 13.1 Å². The molecule has 1 aromatic heterocycles. The SMILES string of the molecule is Cc1noc(CNC(=O)N2CCOC(CC(=O)O)C2)n1. The number of hydrogen-bond acceptors (Lipinski definition) is 6. The molecule has 110 valence electrons. The summed E-state index contributed by atoms with van der Waals surface area (Å²) in [5, 5.41) is 15.0. The number of carbonyl (C=O) groups is 2. The number of nitrogens with zero attached hydrogens (tertiary/aromatic N) is 3. The first-order chi connectivity index (χ1) is 9.54. The van der Waals surface area contributed by atoms with Crippen molar-refractivity contribution in [3.63, 3.8) is 0 Å². The first-order valence-corrected chi connectivity index (χ1v) is 6.20. The predicted molar refractivity (Wildman–Crippen MR) is 64.8 cm³/mol. The lowest BCUT2D eigenvalue weighted by Crippen LogP contribution is -2.49. The molecule has 1 aliphatic rings. The largest absolute Gasteiger partial charge is 0.481 e. The number of hydrogen-bond donors (Lipinski definition) is 2. The molecule has 0 spiro atoms. The summed E-state index contributed by atoms with van der Waals surface area (Å²) in [6.45, 7) is 2.82. The van der Waals surface area contributed by atoms with E-state index in [9.17, 15) is 9.59 Å². The fourth-order valence-corrected chi connectivity index (χ4v) is 1.90. The van der Waals surface area contributed by atoms with Crippen LogP contribution in [0.1, 0.15) is 18.1 Å². The number of aromatic nitrogens is 2. The lowest BCUT2D eigenvalue weighted by Gasteiger charge is -2.32. The Morgan fingerprint density at radius 2 is 2.35 bits per heavy atom. The van der Waals surface area contributed by atoms with Gasteiger partial charge in [0.1, 0.15) is 0 Å². The van der Waals surface area contributed by atoms with Crippen molar-refractivity contribution < 1.29 is 24.0 Å². The average Bonchev–Trinajstić information content (AvgIpc) is 2.81. The van der Waals surface area contributed by atoms with Crippen LogP contribution in [-0.2, 0) is 16.1 Å². The molecule has 20 heavy (non-hydrogen) atoms. The van der Waals surface area contributed by atoms with Gasteiger partial charge < -0.3 is 24.6 Å². The molecule has 0 radical (unpaired) electrons. The molecular formula is C11H16N4O5. The number of aliphatic carboxylic acids is 1. The van der Waals surface area contributed by atoms with Gasteiger partial charge >= 0.3 is 12.0 Å². The Balaban J connectivity index is 1.81. The molecule has 2 N–H and O–H groups in total. The molecule has 2 heterocycles. The Morgan fingerprint density at radius 1 is 1.55 bits per heavy atom. The van der Waals surface area contributed by atoms with Crippen molar-refractivity contribution in [2.45, 2.75) is 26.0 Å². The second kappa shape index (κ2) is 6.33. The van der Waals surface area contributed by atoms with E-state index in [4.69, 9.17) is 14.4 Å². The Bertz CT molecular complexity index is 489. The monoisotopic (exact) mass is 284 g/mol. The first kappa shape index (κ1) is 14.3. The summed E-state index contributed by atoms with van der Waals surface area (Å²) in [6, 6.07) is -0.306. The van der Waals surface area contributed by atoms with E-state index in [0.29, 0.717) is 24.9 Å². The van der Waals surface area contributed by atoms with Crippen LogP contribution in [0, 0.1) is 6.92 Å². The highest BCUT2D eigenvalue weighted by atomic mass is 16.5. The van der Waals surface area contributed by atoms with Crippen LogP contribution in [0.25, 0.3) is 0 Å². The number of amides is 2. The van der Waals surface area contributed by atoms with Crippen LogP contribution in [0.15, 0.2) is 4.52 Å². The summed E-state index contributed by atoms with van der Waals surface area (Å²) in [6.07, 6.45) is -0.593. The first-order valence-electron chi connectivity index (χ1n) is 6.20. The molecule has 0 aromatic carbocycles. The third kappa shape index (κ3) is 3.92. The molecule has 1 unspecified atom stereocenters. The van der Waals surface area contributed by atoms with Gasteiger partial charge in [0.25, 0.3) is 0 Å². The highest BCUT2D eigenvalue weighted by molar-refractivity contribution is 5.74. The van der Waals surface area contributed by atoms with E-state index < -0.39 is 12.1 Å². The van der Waals surface area contributed by atoms with Gasteiger partial charge in [-0.2, -0.15) is 4.98 Å². The highest BCUT2D eigenvalue weighted by Gasteiger charge is 2.25. The zero-order chi connectivity index (χ0) is 14.5. The van der Waals surface area contributed by atoms with Gasteiger partial charge in [-0.05, 0) is 6.92 Å². The third-order valence-corrected chi connectivity index (χ3v) is 2.79. The number of nitrogens with one attached hydrogen (secondary N) is 1. The maximum atomic E-state index is 11.9. The molecule has 0 aliphatic carbocycles. The molecule has 0 bridgehead atoms. The summed E-state index contributed by atoms with van der Waals surface area (Å²) >= 11 is 0. The van der Waals surface area contributed by atoms with Gasteiger partial charge in [0.05, 0.1) is 25.7 Å². The maximum absolute atomic E-state index is 11.9. The summed E-state index contributed by atoms with van der Waals surface area (Å²) in [5.74, 6) is -0.119. The van der Waals surface area contributed by atoms with Crippen molar-refractivity contribution in [3.05, 3.63) is 11.7 Å². The van der Waals surface area contributed by atoms with Crippen LogP contribution >= 0.6 is 0 Å². The molecule has 2 amide bonds. The molecule has 2 rings (SSSR count). The third-order valence-electron chi connectivity index (χ3n) is 2.79. The number of ether oxygens (including phenoxy) is 1. The van der Waals surface area contributed by atoms with E-state index >= 15 is 0 Å². The van der Waals surface area contributed by atoms with Crippen molar-refractivity contribution in [1.29, 1.82) is 0 Å². The van der Waals surface area contributed by atoms with Crippen molar-refractivity contribution in [2.75, 3.05) is 19.7 Å². The number of rotatable bonds is 4. The van der Waals surface area contributed by atoms with Gasteiger partial charge in [-0.1, -0.05) is 5.16 Å². The summed E-state index contributed by atoms with van der Waals surface area (Å²) < 4.78 is 10.2. The van der Waals surface area contributed by atoms with Crippen LogP contribution < -0.4 is 5.32 Å². The smallest absolute Gasteiger partial charge is 0.318 e. The summed E-state index contributed by atoms with van der Waals surface area (Å²) in [5.41, 5.74) is 0. The topological polar surface area (TPSA) is 118 Å². The molecule has 1 aliphatic heterocycles. The average molecular weight is 284 g/mol. The fraction of sp³-hybridized carbons (Fsp3) is 0.636. The van der Waals surface area contributed by atoms with Crippen molar-refractivity contribution in [2.24, 2.45) is 0 Å². The van der Waals surface area contributed by atoms with E-state index in [1.165, 1.54) is 4.90 Å². The van der Waals surface area contributed by atoms with E-state index in [-0.39, 0.29) is 25.5 Å². The molecule has 1 saturated heterocycles. The Labute approximate surface area is 114 Å². The standard InChI is InChI=1S/C11H16N4O5/c1-7-13-9(20-14-7)5-12-11(18)15-2-3-19-8(6-15)4-10(16)17/h8H,2-6H2,1H3,(H,12,18)(H,16,17). The van der Waals surface area contributed by atoms with E-state index in [1.54, 1.807) is 6.92 Å². The summed E-state index contributed by atoms with van der Waals surface area (Å²) in [4.78, 5) is 28.0. The highest BCUT2D eigenvalue weighted by Crippen LogP contribution is 2.09.